The molecule has 5 heteroatoms. The summed E-state index contributed by atoms with van der Waals surface area (Å²) in [5, 5.41) is 0. The van der Waals surface area contributed by atoms with Gasteiger partial charge in [0.2, 0.25) is 0 Å². The van der Waals surface area contributed by atoms with Gasteiger partial charge < -0.3 is 20.1 Å². The summed E-state index contributed by atoms with van der Waals surface area (Å²) >= 11 is 5.15. The lowest BCUT2D eigenvalue weighted by atomic mass is 10.0. The molecule has 0 aromatic heterocycles. The summed E-state index contributed by atoms with van der Waals surface area (Å²) in [6.45, 7) is 4.72. The first-order valence-electron chi connectivity index (χ1n) is 7.00. The molecule has 1 aromatic carbocycles. The van der Waals surface area contributed by atoms with E-state index in [2.05, 4.69) is 4.90 Å². The fraction of sp³-hybridized carbons (Fsp3) is 0.533. The van der Waals surface area contributed by atoms with Crippen LogP contribution in [0.3, 0.4) is 0 Å². The fourth-order valence-electron chi connectivity index (χ4n) is 2.61. The van der Waals surface area contributed by atoms with Gasteiger partial charge in [-0.05, 0) is 31.9 Å². The van der Waals surface area contributed by atoms with Crippen LogP contribution < -0.4 is 15.4 Å². The van der Waals surface area contributed by atoms with Crippen molar-refractivity contribution in [3.05, 3.63) is 23.8 Å². The predicted molar refractivity (Wildman–Crippen MR) is 85.7 cm³/mol. The van der Waals surface area contributed by atoms with E-state index in [-0.39, 0.29) is 0 Å². The second kappa shape index (κ2) is 6.90. The molecule has 0 atom stereocenters. The van der Waals surface area contributed by atoms with Crippen molar-refractivity contribution in [3.8, 4) is 5.75 Å². The zero-order valence-electron chi connectivity index (χ0n) is 12.1. The van der Waals surface area contributed by atoms with Gasteiger partial charge >= 0.3 is 0 Å². The summed E-state index contributed by atoms with van der Waals surface area (Å²) in [5.74, 6) is 0.826. The smallest absolute Gasteiger partial charge is 0.120 e. The molecule has 1 saturated heterocycles. The molecule has 20 heavy (non-hydrogen) atoms. The third-order valence-electron chi connectivity index (χ3n) is 3.66. The van der Waals surface area contributed by atoms with Gasteiger partial charge in [-0.25, -0.2) is 0 Å². The van der Waals surface area contributed by atoms with Gasteiger partial charge in [0.05, 0.1) is 18.9 Å². The van der Waals surface area contributed by atoms with E-state index in [0.717, 1.165) is 49.5 Å². The van der Waals surface area contributed by atoms with Crippen LogP contribution in [0.2, 0.25) is 0 Å². The molecular formula is C15H22N2O2S. The maximum Gasteiger partial charge on any atom is 0.120 e. The average molecular weight is 294 g/mol. The zero-order chi connectivity index (χ0) is 14.5. The number of hydrogen-bond acceptors (Lipinski definition) is 4. The van der Waals surface area contributed by atoms with Gasteiger partial charge in [-0.3, -0.25) is 0 Å². The molecule has 0 radical (unpaired) electrons. The van der Waals surface area contributed by atoms with Crippen LogP contribution in [0.25, 0.3) is 0 Å². The number of thiocarbonyl (C=S) groups is 1. The number of hydrogen-bond donors (Lipinski definition) is 1. The first-order valence-corrected chi connectivity index (χ1v) is 7.41. The lowest BCUT2D eigenvalue weighted by molar-refractivity contribution is 0.0459. The normalized spacial score (nSPS) is 16.2. The first-order chi connectivity index (χ1) is 9.65. The number of nitrogens with two attached hydrogens (primary N) is 1. The standard InChI is InChI=1S/C15H22N2O2S/c1-3-19-11-6-8-17(9-7-11)14-10-12(18-2)4-5-13(14)15(16)20/h4-5,10-11H,3,6-9H2,1-2H3,(H2,16,20). The number of nitrogens with zero attached hydrogens (tertiary/aromatic N) is 1. The van der Waals surface area contributed by atoms with Crippen LogP contribution in [0.4, 0.5) is 5.69 Å². The monoisotopic (exact) mass is 294 g/mol. The maximum absolute atomic E-state index is 5.83. The molecule has 2 rings (SSSR count). The Balaban J connectivity index is 2.17. The van der Waals surface area contributed by atoms with Crippen LogP contribution in [0.1, 0.15) is 25.3 Å². The van der Waals surface area contributed by atoms with Crippen LogP contribution in [-0.2, 0) is 4.74 Å². The van der Waals surface area contributed by atoms with Gasteiger partial charge in [-0.1, -0.05) is 12.2 Å². The number of anilines is 1. The molecule has 0 aliphatic carbocycles. The molecule has 0 saturated carbocycles. The highest BCUT2D eigenvalue weighted by molar-refractivity contribution is 7.80. The van der Waals surface area contributed by atoms with Crippen molar-refractivity contribution in [2.75, 3.05) is 31.7 Å². The van der Waals surface area contributed by atoms with Gasteiger partial charge in [0.1, 0.15) is 10.7 Å². The number of benzene rings is 1. The van der Waals surface area contributed by atoms with E-state index in [0.29, 0.717) is 11.1 Å². The summed E-state index contributed by atoms with van der Waals surface area (Å²) in [5.41, 5.74) is 7.80. The third-order valence-corrected chi connectivity index (χ3v) is 3.88. The Bertz CT molecular complexity index is 471. The second-order valence-corrected chi connectivity index (χ2v) is 5.33. The quantitative estimate of drug-likeness (QED) is 0.845. The zero-order valence-corrected chi connectivity index (χ0v) is 12.9. The number of rotatable bonds is 5. The minimum absolute atomic E-state index is 0.370. The lowest BCUT2D eigenvalue weighted by Gasteiger charge is -2.34. The molecule has 2 N–H and O–H groups in total. The van der Waals surface area contributed by atoms with Crippen molar-refractivity contribution in [1.82, 2.24) is 0 Å². The molecule has 0 unspecified atom stereocenters. The van der Waals surface area contributed by atoms with E-state index in [9.17, 15) is 0 Å². The highest BCUT2D eigenvalue weighted by Gasteiger charge is 2.22. The van der Waals surface area contributed by atoms with Gasteiger partial charge in [0, 0.05) is 31.3 Å². The Morgan fingerprint density at radius 2 is 2.10 bits per heavy atom. The Hall–Kier alpha value is -1.33. The Kier molecular flexibility index (Phi) is 5.20. The molecule has 1 aliphatic heterocycles. The van der Waals surface area contributed by atoms with E-state index < -0.39 is 0 Å². The number of ether oxygens (including phenoxy) is 2. The van der Waals surface area contributed by atoms with Gasteiger partial charge in [0.25, 0.3) is 0 Å². The lowest BCUT2D eigenvalue weighted by Crippen LogP contribution is -2.38. The topological polar surface area (TPSA) is 47.7 Å². The number of piperidine rings is 1. The van der Waals surface area contributed by atoms with Crippen LogP contribution in [0.5, 0.6) is 5.75 Å². The van der Waals surface area contributed by atoms with E-state index in [1.54, 1.807) is 7.11 Å². The first kappa shape index (κ1) is 15.1. The highest BCUT2D eigenvalue weighted by Crippen LogP contribution is 2.29. The summed E-state index contributed by atoms with van der Waals surface area (Å²) in [6.07, 6.45) is 2.43. The van der Waals surface area contributed by atoms with Gasteiger partial charge in [0.15, 0.2) is 0 Å². The van der Waals surface area contributed by atoms with Crippen molar-refractivity contribution < 1.29 is 9.47 Å². The Morgan fingerprint density at radius 3 is 2.65 bits per heavy atom. The minimum Gasteiger partial charge on any atom is -0.497 e. The minimum atomic E-state index is 0.370. The van der Waals surface area contributed by atoms with E-state index in [4.69, 9.17) is 27.4 Å². The van der Waals surface area contributed by atoms with Gasteiger partial charge in [-0.15, -0.1) is 0 Å². The van der Waals surface area contributed by atoms with Crippen LogP contribution >= 0.6 is 12.2 Å². The summed E-state index contributed by atoms with van der Waals surface area (Å²) < 4.78 is 11.0. The van der Waals surface area contributed by atoms with Crippen LogP contribution in [0, 0.1) is 0 Å². The number of methoxy groups -OCH3 is 1. The molecule has 4 nitrogen and oxygen atoms in total. The molecule has 1 heterocycles. The van der Waals surface area contributed by atoms with Crippen molar-refractivity contribution in [1.29, 1.82) is 0 Å². The predicted octanol–water partition coefficient (Wildman–Crippen LogP) is 2.33. The summed E-state index contributed by atoms with van der Waals surface area (Å²) in [7, 11) is 1.67. The van der Waals surface area contributed by atoms with Crippen LogP contribution in [-0.4, -0.2) is 37.9 Å². The molecule has 1 aromatic rings. The summed E-state index contributed by atoms with van der Waals surface area (Å²) in [4.78, 5) is 2.74. The molecular weight excluding hydrogens is 272 g/mol. The Morgan fingerprint density at radius 1 is 1.40 bits per heavy atom. The summed E-state index contributed by atoms with van der Waals surface area (Å²) in [6, 6.07) is 5.84. The molecule has 0 amide bonds. The van der Waals surface area contributed by atoms with E-state index >= 15 is 0 Å². The molecule has 0 spiro atoms. The molecule has 110 valence electrons. The Labute approximate surface area is 125 Å². The van der Waals surface area contributed by atoms with Crippen molar-refractivity contribution in [2.24, 2.45) is 5.73 Å². The van der Waals surface area contributed by atoms with E-state index in [1.165, 1.54) is 0 Å². The molecule has 1 fully saturated rings. The average Bonchev–Trinajstić information content (AvgIpc) is 2.47. The fourth-order valence-corrected chi connectivity index (χ4v) is 2.78. The maximum atomic E-state index is 5.83. The van der Waals surface area contributed by atoms with Crippen molar-refractivity contribution in [3.63, 3.8) is 0 Å². The third kappa shape index (κ3) is 3.41. The van der Waals surface area contributed by atoms with E-state index in [1.807, 2.05) is 25.1 Å². The highest BCUT2D eigenvalue weighted by atomic mass is 32.1. The molecule has 0 bridgehead atoms. The van der Waals surface area contributed by atoms with Crippen LogP contribution in [0.15, 0.2) is 18.2 Å². The van der Waals surface area contributed by atoms with Crippen molar-refractivity contribution in [2.45, 2.75) is 25.9 Å². The largest absolute Gasteiger partial charge is 0.497 e. The SMILES string of the molecule is CCOC1CCN(c2cc(OC)ccc2C(N)=S)CC1. The molecule has 1 aliphatic rings. The second-order valence-electron chi connectivity index (χ2n) is 4.89. The van der Waals surface area contributed by atoms with Gasteiger partial charge in [-0.2, -0.15) is 0 Å². The van der Waals surface area contributed by atoms with Crippen molar-refractivity contribution >= 4 is 22.9 Å².